The molecular weight excluding hydrogens is 160 g/mol. The summed E-state index contributed by atoms with van der Waals surface area (Å²) in [5.74, 6) is 0.837. The number of hydrogen-bond donors (Lipinski definition) is 2. The summed E-state index contributed by atoms with van der Waals surface area (Å²) in [7, 11) is 0. The van der Waals surface area contributed by atoms with Crippen LogP contribution >= 0.6 is 0 Å². The number of nitrogens with one attached hydrogen (secondary N) is 1. The van der Waals surface area contributed by atoms with Crippen molar-refractivity contribution in [2.75, 3.05) is 6.54 Å². The molecule has 2 unspecified atom stereocenters. The lowest BCUT2D eigenvalue weighted by Crippen LogP contribution is -2.56. The highest BCUT2D eigenvalue weighted by atomic mass is 15.0. The molecule has 0 aliphatic heterocycles. The Morgan fingerprint density at radius 2 is 2.23 bits per heavy atom. The third-order valence-electron chi connectivity index (χ3n) is 3.08. The van der Waals surface area contributed by atoms with E-state index in [1.54, 1.807) is 0 Å². The molecule has 2 atom stereocenters. The quantitative estimate of drug-likeness (QED) is 0.703. The molecule has 0 amide bonds. The largest absolute Gasteiger partial charge is 0.329 e. The minimum Gasteiger partial charge on any atom is -0.329 e. The van der Waals surface area contributed by atoms with Gasteiger partial charge in [-0.3, -0.25) is 0 Å². The Hall–Kier alpha value is -0.0800. The number of hydrogen-bond acceptors (Lipinski definition) is 2. The summed E-state index contributed by atoms with van der Waals surface area (Å²) in [6.45, 7) is 7.54. The van der Waals surface area contributed by atoms with E-state index in [1.165, 1.54) is 25.7 Å². The average molecular weight is 184 g/mol. The van der Waals surface area contributed by atoms with Crippen molar-refractivity contribution in [1.29, 1.82) is 0 Å². The maximum absolute atomic E-state index is 5.89. The van der Waals surface area contributed by atoms with Crippen LogP contribution in [0.3, 0.4) is 0 Å². The lowest BCUT2D eigenvalue weighted by Gasteiger charge is -2.41. The normalized spacial score (nSPS) is 35.3. The smallest absolute Gasteiger partial charge is 0.0308 e. The second-order valence-electron chi connectivity index (χ2n) is 4.99. The van der Waals surface area contributed by atoms with Gasteiger partial charge in [0.2, 0.25) is 0 Å². The fourth-order valence-corrected chi connectivity index (χ4v) is 2.65. The molecule has 0 radical (unpaired) electrons. The molecule has 1 rings (SSSR count). The molecule has 0 saturated heterocycles. The SMILES string of the molecule is CC1CCCC(CN)(NC(C)C)C1. The molecule has 3 N–H and O–H groups in total. The van der Waals surface area contributed by atoms with Crippen LogP contribution in [0.5, 0.6) is 0 Å². The molecule has 0 aromatic carbocycles. The van der Waals surface area contributed by atoms with Crippen LogP contribution in [0.2, 0.25) is 0 Å². The minimum absolute atomic E-state index is 0.242. The molecule has 1 saturated carbocycles. The van der Waals surface area contributed by atoms with Gasteiger partial charge in [-0.05, 0) is 18.8 Å². The number of nitrogens with two attached hydrogens (primary N) is 1. The van der Waals surface area contributed by atoms with E-state index in [0.29, 0.717) is 6.04 Å². The molecule has 1 aliphatic carbocycles. The Morgan fingerprint density at radius 1 is 1.54 bits per heavy atom. The first-order chi connectivity index (χ1) is 6.08. The van der Waals surface area contributed by atoms with Crippen LogP contribution in [0.25, 0.3) is 0 Å². The molecule has 2 nitrogen and oxygen atoms in total. The standard InChI is InChI=1S/C11H24N2/c1-9(2)13-11(8-12)6-4-5-10(3)7-11/h9-10,13H,4-8,12H2,1-3H3. The van der Waals surface area contributed by atoms with Crippen LogP contribution in [-0.2, 0) is 0 Å². The first kappa shape index (κ1) is 11.0. The van der Waals surface area contributed by atoms with E-state index in [-0.39, 0.29) is 5.54 Å². The van der Waals surface area contributed by atoms with Crippen LogP contribution in [0.1, 0.15) is 46.5 Å². The van der Waals surface area contributed by atoms with Crippen molar-refractivity contribution in [2.24, 2.45) is 11.7 Å². The summed E-state index contributed by atoms with van der Waals surface area (Å²) in [5, 5.41) is 3.65. The van der Waals surface area contributed by atoms with Crippen molar-refractivity contribution < 1.29 is 0 Å². The lowest BCUT2D eigenvalue weighted by atomic mass is 9.76. The van der Waals surface area contributed by atoms with Crippen molar-refractivity contribution in [3.05, 3.63) is 0 Å². The van der Waals surface area contributed by atoms with Gasteiger partial charge < -0.3 is 11.1 Å². The van der Waals surface area contributed by atoms with Crippen LogP contribution in [-0.4, -0.2) is 18.1 Å². The molecule has 1 aliphatic rings. The molecule has 0 aromatic rings. The molecule has 2 heteroatoms. The third-order valence-corrected chi connectivity index (χ3v) is 3.08. The van der Waals surface area contributed by atoms with E-state index in [1.807, 2.05) is 0 Å². The zero-order chi connectivity index (χ0) is 9.90. The predicted molar refractivity (Wildman–Crippen MR) is 57.7 cm³/mol. The maximum atomic E-state index is 5.89. The van der Waals surface area contributed by atoms with Gasteiger partial charge in [0.25, 0.3) is 0 Å². The summed E-state index contributed by atoms with van der Waals surface area (Å²) in [4.78, 5) is 0. The first-order valence-electron chi connectivity index (χ1n) is 5.56. The maximum Gasteiger partial charge on any atom is 0.0308 e. The zero-order valence-electron chi connectivity index (χ0n) is 9.27. The van der Waals surface area contributed by atoms with E-state index in [0.717, 1.165) is 12.5 Å². The summed E-state index contributed by atoms with van der Waals surface area (Å²) >= 11 is 0. The van der Waals surface area contributed by atoms with E-state index >= 15 is 0 Å². The lowest BCUT2D eigenvalue weighted by molar-refractivity contribution is 0.182. The molecule has 1 fully saturated rings. The van der Waals surface area contributed by atoms with E-state index in [4.69, 9.17) is 5.73 Å². The first-order valence-corrected chi connectivity index (χ1v) is 5.56. The molecule has 0 spiro atoms. The average Bonchev–Trinajstić information content (AvgIpc) is 2.03. The van der Waals surface area contributed by atoms with Crippen molar-refractivity contribution in [3.8, 4) is 0 Å². The second-order valence-corrected chi connectivity index (χ2v) is 4.99. The van der Waals surface area contributed by atoms with Crippen LogP contribution in [0.4, 0.5) is 0 Å². The van der Waals surface area contributed by atoms with Crippen molar-refractivity contribution >= 4 is 0 Å². The van der Waals surface area contributed by atoms with Crippen LogP contribution in [0, 0.1) is 5.92 Å². The van der Waals surface area contributed by atoms with Gasteiger partial charge in [0, 0.05) is 18.1 Å². The Kier molecular flexibility index (Phi) is 3.74. The Balaban J connectivity index is 2.56. The summed E-state index contributed by atoms with van der Waals surface area (Å²) in [6, 6.07) is 0.550. The van der Waals surface area contributed by atoms with Gasteiger partial charge in [-0.2, -0.15) is 0 Å². The van der Waals surface area contributed by atoms with Gasteiger partial charge in [-0.25, -0.2) is 0 Å². The van der Waals surface area contributed by atoms with Gasteiger partial charge >= 0.3 is 0 Å². The fraction of sp³-hybridized carbons (Fsp3) is 1.00. The van der Waals surface area contributed by atoms with Gasteiger partial charge in [-0.1, -0.05) is 33.6 Å². The summed E-state index contributed by atoms with van der Waals surface area (Å²) in [6.07, 6.45) is 5.22. The topological polar surface area (TPSA) is 38.0 Å². The van der Waals surface area contributed by atoms with E-state index in [9.17, 15) is 0 Å². The number of rotatable bonds is 3. The zero-order valence-corrected chi connectivity index (χ0v) is 9.27. The second kappa shape index (κ2) is 4.43. The predicted octanol–water partition coefficient (Wildman–Crippen LogP) is 1.89. The van der Waals surface area contributed by atoms with E-state index in [2.05, 4.69) is 26.1 Å². The minimum atomic E-state index is 0.242. The highest BCUT2D eigenvalue weighted by Gasteiger charge is 2.33. The molecule has 78 valence electrons. The van der Waals surface area contributed by atoms with Crippen LogP contribution < -0.4 is 11.1 Å². The van der Waals surface area contributed by atoms with Gasteiger partial charge in [0.15, 0.2) is 0 Å². The van der Waals surface area contributed by atoms with Gasteiger partial charge in [-0.15, -0.1) is 0 Å². The van der Waals surface area contributed by atoms with Gasteiger partial charge in [0.1, 0.15) is 0 Å². The van der Waals surface area contributed by atoms with Gasteiger partial charge in [0.05, 0.1) is 0 Å². The Labute approximate surface area is 82.3 Å². The monoisotopic (exact) mass is 184 g/mol. The van der Waals surface area contributed by atoms with Crippen molar-refractivity contribution in [3.63, 3.8) is 0 Å². The highest BCUT2D eigenvalue weighted by Crippen LogP contribution is 2.31. The van der Waals surface area contributed by atoms with E-state index < -0.39 is 0 Å². The molecule has 0 aromatic heterocycles. The third kappa shape index (κ3) is 2.96. The Morgan fingerprint density at radius 3 is 2.69 bits per heavy atom. The fourth-order valence-electron chi connectivity index (χ4n) is 2.65. The van der Waals surface area contributed by atoms with Crippen molar-refractivity contribution in [2.45, 2.75) is 58.0 Å². The molecule has 13 heavy (non-hydrogen) atoms. The molecular formula is C11H24N2. The van der Waals surface area contributed by atoms with Crippen molar-refractivity contribution in [1.82, 2.24) is 5.32 Å². The summed E-state index contributed by atoms with van der Waals surface area (Å²) in [5.41, 5.74) is 6.13. The highest BCUT2D eigenvalue weighted by molar-refractivity contribution is 4.94. The van der Waals surface area contributed by atoms with Crippen LogP contribution in [0.15, 0.2) is 0 Å². The Bertz CT molecular complexity index is 152. The molecule has 0 bridgehead atoms. The summed E-state index contributed by atoms with van der Waals surface area (Å²) < 4.78 is 0. The molecule has 0 heterocycles.